The monoisotopic (exact) mass is 335 g/mol. The van der Waals surface area contributed by atoms with Gasteiger partial charge in [0.1, 0.15) is 13.2 Å². The fraction of sp³-hybridized carbons (Fsp3) is 0.529. The molecule has 1 unspecified atom stereocenters. The Labute approximate surface area is 139 Å². The van der Waals surface area contributed by atoms with E-state index in [4.69, 9.17) is 14.2 Å². The van der Waals surface area contributed by atoms with E-state index >= 15 is 0 Å². The van der Waals surface area contributed by atoms with Gasteiger partial charge in [0.2, 0.25) is 0 Å². The number of rotatable bonds is 5. The number of aliphatic carboxylic acids is 1. The molecule has 24 heavy (non-hydrogen) atoms. The topological polar surface area (TPSA) is 94.1 Å². The second-order valence-corrected chi connectivity index (χ2v) is 5.96. The van der Waals surface area contributed by atoms with E-state index in [1.807, 2.05) is 0 Å². The molecule has 2 N–H and O–H groups in total. The summed E-state index contributed by atoms with van der Waals surface area (Å²) in [5, 5.41) is 12.2. The first kappa shape index (κ1) is 16.6. The van der Waals surface area contributed by atoms with Gasteiger partial charge >= 0.3 is 5.97 Å². The molecule has 2 aliphatic heterocycles. The second-order valence-electron chi connectivity index (χ2n) is 5.96. The normalized spacial score (nSPS) is 18.7. The Kier molecular flexibility index (Phi) is 5.20. The predicted octanol–water partition coefficient (Wildman–Crippen LogP) is 1.31. The number of carboxylic acids is 1. The van der Waals surface area contributed by atoms with E-state index in [9.17, 15) is 14.7 Å². The van der Waals surface area contributed by atoms with Gasteiger partial charge < -0.3 is 24.6 Å². The lowest BCUT2D eigenvalue weighted by molar-refractivity contribution is -0.144. The Morgan fingerprint density at radius 3 is 2.54 bits per heavy atom. The number of benzene rings is 1. The van der Waals surface area contributed by atoms with Crippen molar-refractivity contribution in [1.29, 1.82) is 0 Å². The van der Waals surface area contributed by atoms with E-state index in [1.165, 1.54) is 0 Å². The van der Waals surface area contributed by atoms with Gasteiger partial charge in [0, 0.05) is 25.3 Å². The molecule has 0 spiro atoms. The van der Waals surface area contributed by atoms with Gasteiger partial charge in [-0.15, -0.1) is 0 Å². The van der Waals surface area contributed by atoms with Crippen LogP contribution in [0.5, 0.6) is 11.5 Å². The first-order valence-electron chi connectivity index (χ1n) is 8.13. The summed E-state index contributed by atoms with van der Waals surface area (Å²) >= 11 is 0. The van der Waals surface area contributed by atoms with Gasteiger partial charge in [0.15, 0.2) is 11.5 Å². The van der Waals surface area contributed by atoms with Crippen LogP contribution >= 0.6 is 0 Å². The van der Waals surface area contributed by atoms with Crippen LogP contribution in [0.3, 0.4) is 0 Å². The number of carbonyl (C=O) groups excluding carboxylic acids is 1. The van der Waals surface area contributed by atoms with E-state index in [1.54, 1.807) is 18.2 Å². The van der Waals surface area contributed by atoms with Crippen LogP contribution in [-0.4, -0.2) is 50.0 Å². The highest BCUT2D eigenvalue weighted by molar-refractivity contribution is 5.95. The van der Waals surface area contributed by atoms with E-state index in [2.05, 4.69) is 5.32 Å². The van der Waals surface area contributed by atoms with Gasteiger partial charge in [0.05, 0.1) is 5.92 Å². The van der Waals surface area contributed by atoms with Crippen LogP contribution in [0.2, 0.25) is 0 Å². The number of hydrogen-bond donors (Lipinski definition) is 2. The summed E-state index contributed by atoms with van der Waals surface area (Å²) in [6.07, 6.45) is 1.41. The van der Waals surface area contributed by atoms with Crippen molar-refractivity contribution in [2.24, 2.45) is 11.8 Å². The van der Waals surface area contributed by atoms with Gasteiger partial charge in [-0.25, -0.2) is 0 Å². The molecule has 7 heteroatoms. The van der Waals surface area contributed by atoms with Crippen LogP contribution in [0.1, 0.15) is 23.2 Å². The fourth-order valence-electron chi connectivity index (χ4n) is 3.06. The molecule has 1 saturated heterocycles. The minimum absolute atomic E-state index is 0.0248. The van der Waals surface area contributed by atoms with Crippen molar-refractivity contribution in [3.8, 4) is 11.5 Å². The number of carbonyl (C=O) groups is 2. The molecule has 1 fully saturated rings. The molecule has 1 atom stereocenters. The maximum atomic E-state index is 12.3. The smallest absolute Gasteiger partial charge is 0.308 e. The number of amides is 1. The van der Waals surface area contributed by atoms with Gasteiger partial charge in [0.25, 0.3) is 5.91 Å². The highest BCUT2D eigenvalue weighted by atomic mass is 16.6. The molecule has 0 bridgehead atoms. The standard InChI is InChI=1S/C17H21NO6/c19-16(12-1-2-14-15(9-12)24-8-7-23-14)18-10-13(17(20)21)11-3-5-22-6-4-11/h1-2,9,11,13H,3-8,10H2,(H,18,19)(H,20,21). The van der Waals surface area contributed by atoms with Crippen molar-refractivity contribution in [1.82, 2.24) is 5.32 Å². The summed E-state index contributed by atoms with van der Waals surface area (Å²) in [6.45, 7) is 2.19. The van der Waals surface area contributed by atoms with Crippen LogP contribution in [0.15, 0.2) is 18.2 Å². The summed E-state index contributed by atoms with van der Waals surface area (Å²) in [4.78, 5) is 23.8. The molecule has 1 aromatic rings. The highest BCUT2D eigenvalue weighted by Gasteiger charge is 2.30. The summed E-state index contributed by atoms with van der Waals surface area (Å²) in [6, 6.07) is 4.96. The first-order valence-corrected chi connectivity index (χ1v) is 8.13. The van der Waals surface area contributed by atoms with Gasteiger partial charge in [-0.1, -0.05) is 0 Å². The third-order valence-corrected chi connectivity index (χ3v) is 4.44. The highest BCUT2D eigenvalue weighted by Crippen LogP contribution is 2.30. The second kappa shape index (κ2) is 7.53. The number of nitrogens with one attached hydrogen (secondary N) is 1. The molecule has 130 valence electrons. The number of ether oxygens (including phenoxy) is 3. The summed E-state index contributed by atoms with van der Waals surface area (Å²) in [7, 11) is 0. The predicted molar refractivity (Wildman–Crippen MR) is 84.4 cm³/mol. The zero-order valence-electron chi connectivity index (χ0n) is 13.3. The Bertz CT molecular complexity index is 611. The molecule has 0 aromatic heterocycles. The van der Waals surface area contributed by atoms with Gasteiger partial charge in [-0.2, -0.15) is 0 Å². The Morgan fingerprint density at radius 1 is 1.12 bits per heavy atom. The van der Waals surface area contributed by atoms with Crippen molar-refractivity contribution in [3.05, 3.63) is 23.8 Å². The lowest BCUT2D eigenvalue weighted by Gasteiger charge is -2.27. The van der Waals surface area contributed by atoms with E-state index in [0.29, 0.717) is 56.3 Å². The quantitative estimate of drug-likeness (QED) is 0.843. The largest absolute Gasteiger partial charge is 0.486 e. The lowest BCUT2D eigenvalue weighted by Crippen LogP contribution is -2.39. The SMILES string of the molecule is O=C(NCC(C(=O)O)C1CCOCC1)c1ccc2c(c1)OCCO2. The molecule has 1 amide bonds. The van der Waals surface area contributed by atoms with Crippen molar-refractivity contribution in [2.75, 3.05) is 33.0 Å². The zero-order valence-corrected chi connectivity index (χ0v) is 13.3. The third kappa shape index (κ3) is 3.79. The van der Waals surface area contributed by atoms with Gasteiger partial charge in [-0.05, 0) is 37.0 Å². The average molecular weight is 335 g/mol. The minimum atomic E-state index is -0.885. The van der Waals surface area contributed by atoms with Gasteiger partial charge in [-0.3, -0.25) is 9.59 Å². The summed E-state index contributed by atoms with van der Waals surface area (Å²) in [5.74, 6) is -0.627. The summed E-state index contributed by atoms with van der Waals surface area (Å²) in [5.41, 5.74) is 0.426. The molecule has 3 rings (SSSR count). The molecule has 0 aliphatic carbocycles. The van der Waals surface area contributed by atoms with Crippen molar-refractivity contribution >= 4 is 11.9 Å². The van der Waals surface area contributed by atoms with E-state index < -0.39 is 11.9 Å². The molecule has 0 saturated carbocycles. The third-order valence-electron chi connectivity index (χ3n) is 4.44. The minimum Gasteiger partial charge on any atom is -0.486 e. The Hall–Kier alpha value is -2.28. The molecular weight excluding hydrogens is 314 g/mol. The maximum Gasteiger partial charge on any atom is 0.308 e. The molecule has 0 radical (unpaired) electrons. The van der Waals surface area contributed by atoms with E-state index in [-0.39, 0.29) is 18.4 Å². The average Bonchev–Trinajstić information content (AvgIpc) is 2.62. The zero-order chi connectivity index (χ0) is 16.9. The number of hydrogen-bond acceptors (Lipinski definition) is 5. The molecule has 2 heterocycles. The number of carboxylic acid groups (broad SMARTS) is 1. The van der Waals surface area contributed by atoms with Crippen molar-refractivity contribution < 1.29 is 28.9 Å². The molecular formula is C17H21NO6. The van der Waals surface area contributed by atoms with Crippen molar-refractivity contribution in [2.45, 2.75) is 12.8 Å². The molecule has 7 nitrogen and oxygen atoms in total. The first-order chi connectivity index (χ1) is 11.6. The van der Waals surface area contributed by atoms with E-state index in [0.717, 1.165) is 0 Å². The van der Waals surface area contributed by atoms with Crippen LogP contribution in [0.25, 0.3) is 0 Å². The van der Waals surface area contributed by atoms with Crippen molar-refractivity contribution in [3.63, 3.8) is 0 Å². The maximum absolute atomic E-state index is 12.3. The summed E-state index contributed by atoms with van der Waals surface area (Å²) < 4.78 is 16.2. The van der Waals surface area contributed by atoms with Crippen LogP contribution in [0, 0.1) is 11.8 Å². The van der Waals surface area contributed by atoms with Crippen LogP contribution < -0.4 is 14.8 Å². The van der Waals surface area contributed by atoms with Crippen LogP contribution in [0.4, 0.5) is 0 Å². The van der Waals surface area contributed by atoms with Crippen LogP contribution in [-0.2, 0) is 9.53 Å². The Morgan fingerprint density at radius 2 is 1.83 bits per heavy atom. The Balaban J connectivity index is 1.62. The molecule has 1 aromatic carbocycles. The number of fused-ring (bicyclic) bond motifs is 1. The fourth-order valence-corrected chi connectivity index (χ4v) is 3.06. The lowest BCUT2D eigenvalue weighted by atomic mass is 9.86. The molecule has 2 aliphatic rings.